The number of carbonyl (C=O) groups is 1. The molecule has 0 unspecified atom stereocenters. The summed E-state index contributed by atoms with van der Waals surface area (Å²) in [7, 11) is 0. The second-order valence-corrected chi connectivity index (χ2v) is 6.10. The molecule has 1 aliphatic rings. The van der Waals surface area contributed by atoms with E-state index < -0.39 is 0 Å². The number of hydrogen-bond donors (Lipinski definition) is 1. The van der Waals surface area contributed by atoms with Crippen molar-refractivity contribution in [3.05, 3.63) is 66.4 Å². The minimum Gasteiger partial charge on any atom is -0.486 e. The lowest BCUT2D eigenvalue weighted by molar-refractivity contribution is -0.116. The highest BCUT2D eigenvalue weighted by atomic mass is 16.6. The van der Waals surface area contributed by atoms with Crippen LogP contribution in [0.25, 0.3) is 17.0 Å². The predicted octanol–water partition coefficient (Wildman–Crippen LogP) is 3.24. The number of carbonyl (C=O) groups excluding carboxylic acids is 1. The Kier molecular flexibility index (Phi) is 4.60. The lowest BCUT2D eigenvalue weighted by atomic mass is 10.2. The van der Waals surface area contributed by atoms with E-state index in [0.29, 0.717) is 19.8 Å². The molecule has 1 aliphatic heterocycles. The average molecular weight is 348 g/mol. The number of rotatable bonds is 5. The Hall–Kier alpha value is -3.21. The largest absolute Gasteiger partial charge is 0.486 e. The Bertz CT molecular complexity index is 959. The van der Waals surface area contributed by atoms with Crippen molar-refractivity contribution in [1.29, 1.82) is 0 Å². The van der Waals surface area contributed by atoms with E-state index in [4.69, 9.17) is 9.47 Å². The van der Waals surface area contributed by atoms with E-state index in [1.165, 1.54) is 10.9 Å². The van der Waals surface area contributed by atoms with Crippen molar-refractivity contribution in [2.24, 2.45) is 0 Å². The molecule has 1 amide bonds. The van der Waals surface area contributed by atoms with Crippen LogP contribution in [0.2, 0.25) is 0 Å². The summed E-state index contributed by atoms with van der Waals surface area (Å²) in [5.41, 5.74) is 2.08. The second-order valence-electron chi connectivity index (χ2n) is 6.10. The molecule has 2 aromatic carbocycles. The number of nitrogens with one attached hydrogen (secondary N) is 1. The van der Waals surface area contributed by atoms with Crippen LogP contribution in [0.3, 0.4) is 0 Å². The van der Waals surface area contributed by atoms with Crippen molar-refractivity contribution in [1.82, 2.24) is 9.88 Å². The summed E-state index contributed by atoms with van der Waals surface area (Å²) in [6, 6.07) is 15.9. The van der Waals surface area contributed by atoms with Crippen molar-refractivity contribution in [3.8, 4) is 11.5 Å². The highest BCUT2D eigenvalue weighted by Gasteiger charge is 2.10. The van der Waals surface area contributed by atoms with Crippen LogP contribution in [0.1, 0.15) is 5.56 Å². The van der Waals surface area contributed by atoms with Gasteiger partial charge in [-0.1, -0.05) is 24.3 Å². The van der Waals surface area contributed by atoms with E-state index in [-0.39, 0.29) is 5.91 Å². The van der Waals surface area contributed by atoms with Gasteiger partial charge >= 0.3 is 0 Å². The number of nitrogens with zero attached hydrogens (tertiary/aromatic N) is 1. The average Bonchev–Trinajstić information content (AvgIpc) is 3.09. The molecule has 132 valence electrons. The summed E-state index contributed by atoms with van der Waals surface area (Å²) < 4.78 is 13.2. The third-order valence-corrected chi connectivity index (χ3v) is 4.33. The molecule has 0 saturated carbocycles. The van der Waals surface area contributed by atoms with Crippen LogP contribution in [0.15, 0.2) is 60.8 Å². The van der Waals surface area contributed by atoms with Gasteiger partial charge in [0.2, 0.25) is 5.91 Å². The summed E-state index contributed by atoms with van der Waals surface area (Å²) in [4.78, 5) is 12.0. The molecule has 0 spiro atoms. The summed E-state index contributed by atoms with van der Waals surface area (Å²) in [6.45, 7) is 2.43. The van der Waals surface area contributed by atoms with E-state index in [2.05, 4.69) is 28.1 Å². The van der Waals surface area contributed by atoms with Crippen molar-refractivity contribution in [2.45, 2.75) is 6.54 Å². The Morgan fingerprint density at radius 1 is 1.08 bits per heavy atom. The van der Waals surface area contributed by atoms with Crippen LogP contribution in [0.4, 0.5) is 0 Å². The van der Waals surface area contributed by atoms with Gasteiger partial charge in [-0.2, -0.15) is 0 Å². The zero-order valence-electron chi connectivity index (χ0n) is 14.4. The normalized spacial score (nSPS) is 13.2. The van der Waals surface area contributed by atoms with Gasteiger partial charge in [-0.3, -0.25) is 4.79 Å². The Balaban J connectivity index is 1.32. The quantitative estimate of drug-likeness (QED) is 0.720. The number of aromatic nitrogens is 1. The molecule has 0 saturated heterocycles. The fourth-order valence-corrected chi connectivity index (χ4v) is 3.03. The number of benzene rings is 2. The monoisotopic (exact) mass is 348 g/mol. The van der Waals surface area contributed by atoms with E-state index in [1.54, 1.807) is 12.2 Å². The lowest BCUT2D eigenvalue weighted by Gasteiger charge is -2.18. The van der Waals surface area contributed by atoms with Crippen LogP contribution in [-0.4, -0.2) is 30.2 Å². The first-order valence-electron chi connectivity index (χ1n) is 8.69. The maximum absolute atomic E-state index is 12.0. The first kappa shape index (κ1) is 16.3. The number of hydrogen-bond acceptors (Lipinski definition) is 3. The second kappa shape index (κ2) is 7.35. The molecular formula is C21H20N2O3. The van der Waals surface area contributed by atoms with Crippen LogP contribution in [0, 0.1) is 0 Å². The summed E-state index contributed by atoms with van der Waals surface area (Å²) in [6.07, 6.45) is 5.36. The summed E-state index contributed by atoms with van der Waals surface area (Å²) in [5, 5.41) is 4.12. The zero-order valence-corrected chi connectivity index (χ0v) is 14.4. The minimum absolute atomic E-state index is 0.114. The smallest absolute Gasteiger partial charge is 0.244 e. The molecule has 0 atom stereocenters. The molecule has 5 heteroatoms. The molecular weight excluding hydrogens is 328 g/mol. The van der Waals surface area contributed by atoms with Gasteiger partial charge in [0.15, 0.2) is 11.5 Å². The van der Waals surface area contributed by atoms with Gasteiger partial charge in [-0.15, -0.1) is 0 Å². The number of fused-ring (bicyclic) bond motifs is 2. The molecule has 0 radical (unpaired) electrons. The fraction of sp³-hybridized carbons (Fsp3) is 0.190. The first-order valence-corrected chi connectivity index (χ1v) is 8.69. The number of amides is 1. The van der Waals surface area contributed by atoms with Crippen LogP contribution < -0.4 is 14.8 Å². The van der Waals surface area contributed by atoms with Crippen LogP contribution in [-0.2, 0) is 11.3 Å². The first-order chi connectivity index (χ1) is 12.8. The Morgan fingerprint density at radius 3 is 2.85 bits per heavy atom. The minimum atomic E-state index is -0.114. The van der Waals surface area contributed by atoms with Gasteiger partial charge in [0.25, 0.3) is 0 Å². The molecule has 5 nitrogen and oxygen atoms in total. The van der Waals surface area contributed by atoms with E-state index in [0.717, 1.165) is 23.6 Å². The van der Waals surface area contributed by atoms with E-state index >= 15 is 0 Å². The van der Waals surface area contributed by atoms with E-state index in [1.807, 2.05) is 36.5 Å². The lowest BCUT2D eigenvalue weighted by Crippen LogP contribution is -2.25. The summed E-state index contributed by atoms with van der Waals surface area (Å²) in [5.74, 6) is 1.35. The third kappa shape index (κ3) is 3.57. The van der Waals surface area contributed by atoms with Crippen molar-refractivity contribution in [2.75, 3.05) is 19.8 Å². The van der Waals surface area contributed by atoms with Gasteiger partial charge in [0, 0.05) is 30.9 Å². The standard InChI is InChI=1S/C21H20N2O3/c24-21(8-6-16-5-7-19-20(15-16)26-14-13-25-19)22-10-12-23-11-9-17-3-1-2-4-18(17)23/h1-9,11,15H,10,12-14H2,(H,22,24)/b8-6-. The van der Waals surface area contributed by atoms with Gasteiger partial charge in [0.1, 0.15) is 13.2 Å². The van der Waals surface area contributed by atoms with Crippen LogP contribution >= 0.6 is 0 Å². The molecule has 3 aromatic rings. The highest BCUT2D eigenvalue weighted by molar-refractivity contribution is 5.91. The van der Waals surface area contributed by atoms with Gasteiger partial charge in [-0.25, -0.2) is 0 Å². The molecule has 0 fully saturated rings. The number of ether oxygens (including phenoxy) is 2. The molecule has 0 bridgehead atoms. The fourth-order valence-electron chi connectivity index (χ4n) is 3.03. The Labute approximate surface area is 151 Å². The van der Waals surface area contributed by atoms with Crippen molar-refractivity contribution < 1.29 is 14.3 Å². The third-order valence-electron chi connectivity index (χ3n) is 4.33. The highest BCUT2D eigenvalue weighted by Crippen LogP contribution is 2.31. The molecule has 2 heterocycles. The molecule has 26 heavy (non-hydrogen) atoms. The topological polar surface area (TPSA) is 52.5 Å². The molecule has 1 aromatic heterocycles. The summed E-state index contributed by atoms with van der Waals surface area (Å²) >= 11 is 0. The Morgan fingerprint density at radius 2 is 1.92 bits per heavy atom. The van der Waals surface area contributed by atoms with Crippen molar-refractivity contribution in [3.63, 3.8) is 0 Å². The molecule has 0 aliphatic carbocycles. The maximum atomic E-state index is 12.0. The van der Waals surface area contributed by atoms with Gasteiger partial charge in [0.05, 0.1) is 0 Å². The molecule has 4 rings (SSSR count). The molecule has 1 N–H and O–H groups in total. The SMILES string of the molecule is O=C(/C=C\c1ccc2c(c1)OCCO2)NCCn1ccc2ccccc21. The number of para-hydroxylation sites is 1. The van der Waals surface area contributed by atoms with Gasteiger partial charge < -0.3 is 19.4 Å². The maximum Gasteiger partial charge on any atom is 0.244 e. The van der Waals surface area contributed by atoms with Gasteiger partial charge in [-0.05, 0) is 41.3 Å². The zero-order chi connectivity index (χ0) is 17.8. The van der Waals surface area contributed by atoms with E-state index in [9.17, 15) is 4.79 Å². The van der Waals surface area contributed by atoms with Crippen LogP contribution in [0.5, 0.6) is 11.5 Å². The van der Waals surface area contributed by atoms with Crippen molar-refractivity contribution >= 4 is 22.9 Å². The predicted molar refractivity (Wildman–Crippen MR) is 101 cm³/mol.